The first kappa shape index (κ1) is 19.9. The number of benzene rings is 1. The van der Waals surface area contributed by atoms with Gasteiger partial charge in [-0.3, -0.25) is 10.1 Å². The fourth-order valence-electron chi connectivity index (χ4n) is 3.04. The lowest BCUT2D eigenvalue weighted by Gasteiger charge is -2.22. The minimum absolute atomic E-state index is 0. The van der Waals surface area contributed by atoms with E-state index in [2.05, 4.69) is 43.7 Å². The third kappa shape index (κ3) is 6.13. The number of imidazole rings is 1. The molecule has 3 rings (SSSR count). The van der Waals surface area contributed by atoms with Crippen LogP contribution in [0.4, 0.5) is 5.95 Å². The van der Waals surface area contributed by atoms with E-state index < -0.39 is 0 Å². The monoisotopic (exact) mass is 426 g/mol. The van der Waals surface area contributed by atoms with Crippen molar-refractivity contribution in [2.45, 2.75) is 32.2 Å². The maximum Gasteiger partial charge on any atom is 0.226 e. The lowest BCUT2D eigenvalue weighted by Crippen LogP contribution is -2.28. The molecule has 2 heterocycles. The van der Waals surface area contributed by atoms with Gasteiger partial charge in [-0.25, -0.2) is 4.98 Å². The number of amides is 1. The van der Waals surface area contributed by atoms with Gasteiger partial charge >= 0.3 is 0 Å². The highest BCUT2D eigenvalue weighted by atomic mass is 79.9. The van der Waals surface area contributed by atoms with Crippen LogP contribution in [-0.4, -0.2) is 28.5 Å². The molecule has 5 nitrogen and oxygen atoms in total. The molecule has 0 radical (unpaired) electrons. The summed E-state index contributed by atoms with van der Waals surface area (Å²) in [6.07, 6.45) is 7.49. The topological polar surface area (TPSA) is 59.0 Å². The average molecular weight is 428 g/mol. The van der Waals surface area contributed by atoms with Gasteiger partial charge in [-0.15, -0.1) is 12.4 Å². The zero-order valence-electron chi connectivity index (χ0n) is 14.1. The quantitative estimate of drug-likeness (QED) is 0.736. The standard InChI is InChI=1S/C18H23BrN4O.ClH/c19-16-4-1-15(2-5-16)13-23-12-11-21-18(23)22-17(24)6-3-14-7-9-20-10-8-14;/h1-2,4-5,11-12,14,20H,3,6-10,13H2,(H,21,22,24);1H. The second kappa shape index (κ2) is 9.94. The Morgan fingerprint density at radius 3 is 2.72 bits per heavy atom. The van der Waals surface area contributed by atoms with E-state index in [1.165, 1.54) is 18.4 Å². The van der Waals surface area contributed by atoms with Crippen LogP contribution in [0.25, 0.3) is 0 Å². The summed E-state index contributed by atoms with van der Waals surface area (Å²) in [4.78, 5) is 16.5. The molecule has 0 aliphatic carbocycles. The van der Waals surface area contributed by atoms with Gasteiger partial charge in [0.05, 0.1) is 6.54 Å². The summed E-state index contributed by atoms with van der Waals surface area (Å²) in [6.45, 7) is 2.84. The van der Waals surface area contributed by atoms with Crippen molar-refractivity contribution in [2.75, 3.05) is 18.4 Å². The van der Waals surface area contributed by atoms with Crippen molar-refractivity contribution in [3.05, 3.63) is 46.7 Å². The minimum atomic E-state index is 0. The Balaban J connectivity index is 0.00000225. The molecule has 0 saturated carbocycles. The van der Waals surface area contributed by atoms with Crippen LogP contribution in [0.1, 0.15) is 31.2 Å². The Hall–Kier alpha value is -1.37. The Morgan fingerprint density at radius 2 is 2.00 bits per heavy atom. The largest absolute Gasteiger partial charge is 0.317 e. The summed E-state index contributed by atoms with van der Waals surface area (Å²) >= 11 is 3.44. The van der Waals surface area contributed by atoms with Gasteiger partial charge in [-0.05, 0) is 56.0 Å². The fourth-order valence-corrected chi connectivity index (χ4v) is 3.30. The third-order valence-electron chi connectivity index (χ3n) is 4.47. The molecule has 1 aliphatic rings. The molecule has 1 fully saturated rings. The van der Waals surface area contributed by atoms with Gasteiger partial charge in [0.25, 0.3) is 0 Å². The van der Waals surface area contributed by atoms with Crippen LogP contribution in [0.2, 0.25) is 0 Å². The molecule has 1 aromatic carbocycles. The highest BCUT2D eigenvalue weighted by Gasteiger charge is 2.15. The van der Waals surface area contributed by atoms with Crippen LogP contribution < -0.4 is 10.6 Å². The van der Waals surface area contributed by atoms with Crippen molar-refractivity contribution in [1.82, 2.24) is 14.9 Å². The lowest BCUT2D eigenvalue weighted by atomic mass is 9.93. The number of rotatable bonds is 6. The molecular weight excluding hydrogens is 404 g/mol. The number of halogens is 2. The molecule has 136 valence electrons. The van der Waals surface area contributed by atoms with E-state index >= 15 is 0 Å². The number of nitrogens with one attached hydrogen (secondary N) is 2. The maximum absolute atomic E-state index is 12.2. The molecule has 0 atom stereocenters. The first-order chi connectivity index (χ1) is 11.7. The number of hydrogen-bond donors (Lipinski definition) is 2. The maximum atomic E-state index is 12.2. The van der Waals surface area contributed by atoms with Crippen molar-refractivity contribution in [2.24, 2.45) is 5.92 Å². The first-order valence-electron chi connectivity index (χ1n) is 8.47. The molecule has 2 aromatic rings. The van der Waals surface area contributed by atoms with Crippen LogP contribution in [0.3, 0.4) is 0 Å². The first-order valence-corrected chi connectivity index (χ1v) is 9.26. The van der Waals surface area contributed by atoms with Crippen molar-refractivity contribution >= 4 is 40.2 Å². The molecule has 25 heavy (non-hydrogen) atoms. The van der Waals surface area contributed by atoms with Gasteiger partial charge in [-0.1, -0.05) is 28.1 Å². The van der Waals surface area contributed by atoms with Crippen molar-refractivity contribution in [3.63, 3.8) is 0 Å². The molecule has 7 heteroatoms. The van der Waals surface area contributed by atoms with E-state index in [0.717, 1.165) is 24.0 Å². The second-order valence-electron chi connectivity index (χ2n) is 6.29. The van der Waals surface area contributed by atoms with Gasteiger partial charge in [-0.2, -0.15) is 0 Å². The summed E-state index contributed by atoms with van der Waals surface area (Å²) in [5.74, 6) is 1.34. The van der Waals surface area contributed by atoms with Gasteiger partial charge in [0.15, 0.2) is 0 Å². The minimum Gasteiger partial charge on any atom is -0.317 e. The van der Waals surface area contributed by atoms with Crippen LogP contribution in [0, 0.1) is 5.92 Å². The number of aromatic nitrogens is 2. The Morgan fingerprint density at radius 1 is 1.28 bits per heavy atom. The van der Waals surface area contributed by atoms with Gasteiger partial charge in [0, 0.05) is 23.3 Å². The van der Waals surface area contributed by atoms with Crippen molar-refractivity contribution < 1.29 is 4.79 Å². The summed E-state index contributed by atoms with van der Waals surface area (Å²) in [5, 5.41) is 6.31. The van der Waals surface area contributed by atoms with E-state index in [9.17, 15) is 4.79 Å². The SMILES string of the molecule is Cl.O=C(CCC1CCNCC1)Nc1nccn1Cc1ccc(Br)cc1. The van der Waals surface area contributed by atoms with Gasteiger partial charge in [0.1, 0.15) is 0 Å². The molecule has 1 aliphatic heterocycles. The smallest absolute Gasteiger partial charge is 0.226 e. The molecule has 1 saturated heterocycles. The summed E-state index contributed by atoms with van der Waals surface area (Å²) in [6, 6.07) is 8.16. The summed E-state index contributed by atoms with van der Waals surface area (Å²) < 4.78 is 3.02. The van der Waals surface area contributed by atoms with Crippen LogP contribution in [-0.2, 0) is 11.3 Å². The van der Waals surface area contributed by atoms with E-state index in [4.69, 9.17) is 0 Å². The number of carbonyl (C=O) groups is 1. The predicted octanol–water partition coefficient (Wildman–Crippen LogP) is 3.83. The Labute approximate surface area is 163 Å². The molecule has 0 unspecified atom stereocenters. The number of piperidine rings is 1. The number of hydrogen-bond acceptors (Lipinski definition) is 3. The van der Waals surface area contributed by atoms with E-state index in [1.807, 2.05) is 22.9 Å². The van der Waals surface area contributed by atoms with Crippen LogP contribution in [0.5, 0.6) is 0 Å². The van der Waals surface area contributed by atoms with Gasteiger partial charge in [0.2, 0.25) is 11.9 Å². The molecule has 0 spiro atoms. The van der Waals surface area contributed by atoms with Crippen molar-refractivity contribution in [1.29, 1.82) is 0 Å². The fraction of sp³-hybridized carbons (Fsp3) is 0.444. The predicted molar refractivity (Wildman–Crippen MR) is 106 cm³/mol. The normalized spacial score (nSPS) is 14.8. The summed E-state index contributed by atoms with van der Waals surface area (Å²) in [7, 11) is 0. The molecule has 1 aromatic heterocycles. The van der Waals surface area contributed by atoms with E-state index in [-0.39, 0.29) is 18.3 Å². The Kier molecular flexibility index (Phi) is 7.93. The molecule has 0 bridgehead atoms. The highest BCUT2D eigenvalue weighted by molar-refractivity contribution is 9.10. The van der Waals surface area contributed by atoms with Crippen molar-refractivity contribution in [3.8, 4) is 0 Å². The molecule has 1 amide bonds. The van der Waals surface area contributed by atoms with Crippen LogP contribution >= 0.6 is 28.3 Å². The molecule has 2 N–H and O–H groups in total. The number of anilines is 1. The van der Waals surface area contributed by atoms with Crippen LogP contribution in [0.15, 0.2) is 41.1 Å². The Bertz CT molecular complexity index is 668. The average Bonchev–Trinajstić information content (AvgIpc) is 3.03. The van der Waals surface area contributed by atoms with Gasteiger partial charge < -0.3 is 9.88 Å². The highest BCUT2D eigenvalue weighted by Crippen LogP contribution is 2.18. The molecular formula is C18H24BrClN4O. The second-order valence-corrected chi connectivity index (χ2v) is 7.20. The third-order valence-corrected chi connectivity index (χ3v) is 5.00. The number of nitrogens with zero attached hydrogens (tertiary/aromatic N) is 2. The van der Waals surface area contributed by atoms with E-state index in [0.29, 0.717) is 24.8 Å². The zero-order valence-corrected chi connectivity index (χ0v) is 16.5. The van der Waals surface area contributed by atoms with E-state index in [1.54, 1.807) is 6.20 Å². The lowest BCUT2D eigenvalue weighted by molar-refractivity contribution is -0.116. The number of carbonyl (C=O) groups excluding carboxylic acids is 1. The zero-order chi connectivity index (χ0) is 16.8. The summed E-state index contributed by atoms with van der Waals surface area (Å²) in [5.41, 5.74) is 1.17.